The molecule has 1 N–H and O–H groups in total. The van der Waals surface area contributed by atoms with Crippen molar-refractivity contribution < 1.29 is 9.90 Å². The average Bonchev–Trinajstić information content (AvgIpc) is 2.51. The Morgan fingerprint density at radius 2 is 1.72 bits per heavy atom. The SMILES string of the molecule is CC(C)(C)N(C(=O)O)C1CC(N2CCN(Cc3ccccc3)CC2)C1. The highest BCUT2D eigenvalue weighted by atomic mass is 16.4. The standard InChI is InChI=1S/C20H31N3O2/c1-20(2,3)23(19(24)25)18-13-17(14-18)22-11-9-21(10-12-22)15-16-7-5-4-6-8-16/h4-8,17-18H,9-15H2,1-3H3,(H,24,25). The smallest absolute Gasteiger partial charge is 0.407 e. The first-order chi connectivity index (χ1) is 11.8. The molecule has 0 unspecified atom stereocenters. The maximum Gasteiger partial charge on any atom is 0.407 e. The molecule has 1 aromatic carbocycles. The van der Waals surface area contributed by atoms with E-state index < -0.39 is 6.09 Å². The summed E-state index contributed by atoms with van der Waals surface area (Å²) in [5.74, 6) is 0. The lowest BCUT2D eigenvalue weighted by atomic mass is 9.82. The lowest BCUT2D eigenvalue weighted by Crippen LogP contribution is -2.62. The van der Waals surface area contributed by atoms with Gasteiger partial charge in [-0.25, -0.2) is 4.79 Å². The van der Waals surface area contributed by atoms with Gasteiger partial charge in [0.2, 0.25) is 0 Å². The summed E-state index contributed by atoms with van der Waals surface area (Å²) < 4.78 is 0. The molecule has 3 rings (SSSR count). The predicted molar refractivity (Wildman–Crippen MR) is 99.7 cm³/mol. The van der Waals surface area contributed by atoms with Gasteiger partial charge in [0.05, 0.1) is 0 Å². The zero-order chi connectivity index (χ0) is 18.0. The van der Waals surface area contributed by atoms with Crippen LogP contribution in [0.1, 0.15) is 39.2 Å². The first-order valence-corrected chi connectivity index (χ1v) is 9.37. The van der Waals surface area contributed by atoms with E-state index in [0.29, 0.717) is 6.04 Å². The van der Waals surface area contributed by atoms with Crippen LogP contribution < -0.4 is 0 Å². The van der Waals surface area contributed by atoms with E-state index in [4.69, 9.17) is 0 Å². The van der Waals surface area contributed by atoms with Crippen molar-refractivity contribution in [1.82, 2.24) is 14.7 Å². The van der Waals surface area contributed by atoms with Crippen molar-refractivity contribution in [2.45, 2.75) is 57.8 Å². The van der Waals surface area contributed by atoms with Gasteiger partial charge < -0.3 is 10.0 Å². The van der Waals surface area contributed by atoms with Crippen molar-refractivity contribution in [3.8, 4) is 0 Å². The van der Waals surface area contributed by atoms with Crippen LogP contribution in [0.2, 0.25) is 0 Å². The molecule has 1 aliphatic heterocycles. The molecule has 0 bridgehead atoms. The van der Waals surface area contributed by atoms with Gasteiger partial charge >= 0.3 is 6.09 Å². The Kier molecular flexibility index (Phi) is 5.35. The molecule has 0 aromatic heterocycles. The monoisotopic (exact) mass is 345 g/mol. The molecule has 0 atom stereocenters. The summed E-state index contributed by atoms with van der Waals surface area (Å²) in [5, 5.41) is 9.52. The summed E-state index contributed by atoms with van der Waals surface area (Å²) in [6.07, 6.45) is 1.16. The van der Waals surface area contributed by atoms with Crippen LogP contribution in [0.4, 0.5) is 4.79 Å². The number of hydrogen-bond acceptors (Lipinski definition) is 3. The molecule has 1 saturated heterocycles. The highest BCUT2D eigenvalue weighted by molar-refractivity contribution is 5.66. The molecule has 5 heteroatoms. The first kappa shape index (κ1) is 18.2. The fourth-order valence-electron chi connectivity index (χ4n) is 4.19. The molecule has 1 saturated carbocycles. The second-order valence-electron chi connectivity index (χ2n) is 8.40. The molecule has 1 amide bonds. The summed E-state index contributed by atoms with van der Waals surface area (Å²) in [5.41, 5.74) is 1.05. The Morgan fingerprint density at radius 1 is 1.12 bits per heavy atom. The Hall–Kier alpha value is -1.59. The van der Waals surface area contributed by atoms with Crippen LogP contribution in [0.3, 0.4) is 0 Å². The number of hydrogen-bond donors (Lipinski definition) is 1. The lowest BCUT2D eigenvalue weighted by molar-refractivity contribution is -0.0191. The van der Waals surface area contributed by atoms with Gasteiger partial charge in [-0.05, 0) is 39.2 Å². The van der Waals surface area contributed by atoms with Crippen LogP contribution in [0.5, 0.6) is 0 Å². The van der Waals surface area contributed by atoms with Gasteiger partial charge in [0.15, 0.2) is 0 Å². The van der Waals surface area contributed by atoms with E-state index >= 15 is 0 Å². The van der Waals surface area contributed by atoms with Crippen LogP contribution in [-0.4, -0.2) is 69.7 Å². The van der Waals surface area contributed by atoms with E-state index in [9.17, 15) is 9.90 Å². The fourth-order valence-corrected chi connectivity index (χ4v) is 4.19. The van der Waals surface area contributed by atoms with Crippen molar-refractivity contribution in [3.63, 3.8) is 0 Å². The molecule has 1 heterocycles. The normalized spacial score (nSPS) is 25.4. The van der Waals surface area contributed by atoms with Crippen LogP contribution in [0.15, 0.2) is 30.3 Å². The number of nitrogens with zero attached hydrogens (tertiary/aromatic N) is 3. The van der Waals surface area contributed by atoms with Gasteiger partial charge in [0.1, 0.15) is 0 Å². The quantitative estimate of drug-likeness (QED) is 0.911. The molecular formula is C20H31N3O2. The third-order valence-electron chi connectivity index (χ3n) is 5.55. The molecule has 2 aliphatic rings. The van der Waals surface area contributed by atoms with Gasteiger partial charge in [0.25, 0.3) is 0 Å². The summed E-state index contributed by atoms with van der Waals surface area (Å²) in [4.78, 5) is 18.3. The van der Waals surface area contributed by atoms with Crippen molar-refractivity contribution in [2.24, 2.45) is 0 Å². The van der Waals surface area contributed by atoms with Gasteiger partial charge in [-0.3, -0.25) is 9.80 Å². The summed E-state index contributed by atoms with van der Waals surface area (Å²) >= 11 is 0. The lowest BCUT2D eigenvalue weighted by Gasteiger charge is -2.52. The van der Waals surface area contributed by atoms with E-state index in [1.54, 1.807) is 4.90 Å². The minimum absolute atomic E-state index is 0.171. The maximum atomic E-state index is 11.6. The molecule has 1 aromatic rings. The molecule has 1 aliphatic carbocycles. The highest BCUT2D eigenvalue weighted by Crippen LogP contribution is 2.34. The Labute approximate surface area is 151 Å². The van der Waals surface area contributed by atoms with Crippen molar-refractivity contribution in [1.29, 1.82) is 0 Å². The fraction of sp³-hybridized carbons (Fsp3) is 0.650. The van der Waals surface area contributed by atoms with Crippen LogP contribution in [0, 0.1) is 0 Å². The summed E-state index contributed by atoms with van der Waals surface area (Å²) in [6, 6.07) is 11.4. The second kappa shape index (κ2) is 7.34. The molecule has 0 radical (unpaired) electrons. The van der Waals surface area contributed by atoms with E-state index in [-0.39, 0.29) is 11.6 Å². The number of rotatable bonds is 4. The third kappa shape index (κ3) is 4.33. The number of amides is 1. The maximum absolute atomic E-state index is 11.6. The Bertz CT molecular complexity index is 570. The minimum Gasteiger partial charge on any atom is -0.465 e. The zero-order valence-corrected chi connectivity index (χ0v) is 15.7. The van der Waals surface area contributed by atoms with Crippen molar-refractivity contribution >= 4 is 6.09 Å². The number of benzene rings is 1. The Balaban J connectivity index is 1.45. The van der Waals surface area contributed by atoms with E-state index in [0.717, 1.165) is 45.6 Å². The summed E-state index contributed by atoms with van der Waals surface area (Å²) in [7, 11) is 0. The molecule has 0 spiro atoms. The summed E-state index contributed by atoms with van der Waals surface area (Å²) in [6.45, 7) is 11.3. The van der Waals surface area contributed by atoms with E-state index in [1.165, 1.54) is 5.56 Å². The van der Waals surface area contributed by atoms with E-state index in [2.05, 4.69) is 40.1 Å². The third-order valence-corrected chi connectivity index (χ3v) is 5.55. The van der Waals surface area contributed by atoms with E-state index in [1.807, 2.05) is 20.8 Å². The van der Waals surface area contributed by atoms with Crippen LogP contribution >= 0.6 is 0 Å². The first-order valence-electron chi connectivity index (χ1n) is 9.37. The van der Waals surface area contributed by atoms with Crippen molar-refractivity contribution in [2.75, 3.05) is 26.2 Å². The second-order valence-corrected chi connectivity index (χ2v) is 8.40. The van der Waals surface area contributed by atoms with Gasteiger partial charge in [-0.15, -0.1) is 0 Å². The number of carboxylic acid groups (broad SMARTS) is 1. The molecule has 25 heavy (non-hydrogen) atoms. The minimum atomic E-state index is -0.788. The molecule has 138 valence electrons. The molecule has 5 nitrogen and oxygen atoms in total. The number of piperazine rings is 1. The largest absolute Gasteiger partial charge is 0.465 e. The average molecular weight is 345 g/mol. The molecule has 2 fully saturated rings. The van der Waals surface area contributed by atoms with Gasteiger partial charge in [-0.2, -0.15) is 0 Å². The zero-order valence-electron chi connectivity index (χ0n) is 15.7. The highest BCUT2D eigenvalue weighted by Gasteiger charge is 2.43. The Morgan fingerprint density at radius 3 is 2.24 bits per heavy atom. The van der Waals surface area contributed by atoms with Gasteiger partial charge in [0, 0.05) is 50.3 Å². The molecular weight excluding hydrogens is 314 g/mol. The topological polar surface area (TPSA) is 47.0 Å². The van der Waals surface area contributed by atoms with Crippen LogP contribution in [-0.2, 0) is 6.54 Å². The van der Waals surface area contributed by atoms with Crippen LogP contribution in [0.25, 0.3) is 0 Å². The van der Waals surface area contributed by atoms with Gasteiger partial charge in [-0.1, -0.05) is 30.3 Å². The predicted octanol–water partition coefficient (Wildman–Crippen LogP) is 3.11. The number of carbonyl (C=O) groups is 1. The van der Waals surface area contributed by atoms with Crippen molar-refractivity contribution in [3.05, 3.63) is 35.9 Å².